The van der Waals surface area contributed by atoms with E-state index in [1.807, 2.05) is 0 Å². The van der Waals surface area contributed by atoms with Crippen LogP contribution in [0, 0.1) is 0 Å². The van der Waals surface area contributed by atoms with Crippen molar-refractivity contribution in [3.63, 3.8) is 0 Å². The number of piperidine rings is 1. The van der Waals surface area contributed by atoms with Crippen molar-refractivity contribution in [1.29, 1.82) is 0 Å². The van der Waals surface area contributed by atoms with E-state index < -0.39 is 42.2 Å². The van der Waals surface area contributed by atoms with E-state index in [4.69, 9.17) is 0 Å². The molecule has 0 radical (unpaired) electrons. The second kappa shape index (κ2) is 5.58. The van der Waals surface area contributed by atoms with Crippen LogP contribution >= 0.6 is 11.3 Å². The molecule has 4 amide bonds. The highest BCUT2D eigenvalue weighted by molar-refractivity contribution is 7.08. The van der Waals surface area contributed by atoms with Crippen molar-refractivity contribution in [3.8, 4) is 0 Å². The maximum Gasteiger partial charge on any atom is 0.325 e. The number of thiophene rings is 1. The number of fused-ring (bicyclic) bond motifs is 1. The molecule has 2 aliphatic heterocycles. The summed E-state index contributed by atoms with van der Waals surface area (Å²) in [6, 6.07) is -1.07. The SMILES string of the molecule is COC(=O)CN1C(=O)CCC(N2C(=O)c3cscc3C2=O)C1=O. The van der Waals surface area contributed by atoms with E-state index in [1.165, 1.54) is 11.3 Å². The molecule has 0 spiro atoms. The number of nitrogens with zero attached hydrogens (tertiary/aromatic N) is 2. The number of imide groups is 2. The zero-order chi connectivity index (χ0) is 16.7. The predicted octanol–water partition coefficient (Wildman–Crippen LogP) is 0.0347. The van der Waals surface area contributed by atoms with E-state index >= 15 is 0 Å². The first-order chi connectivity index (χ1) is 11.0. The monoisotopic (exact) mass is 336 g/mol. The zero-order valence-electron chi connectivity index (χ0n) is 12.1. The minimum absolute atomic E-state index is 0.0305. The number of amides is 4. The maximum atomic E-state index is 12.5. The molecular formula is C14H12N2O6S. The number of carbonyl (C=O) groups excluding carboxylic acids is 5. The largest absolute Gasteiger partial charge is 0.468 e. The van der Waals surface area contributed by atoms with Gasteiger partial charge in [0.2, 0.25) is 5.91 Å². The number of carbonyl (C=O) groups is 5. The average molecular weight is 336 g/mol. The highest BCUT2D eigenvalue weighted by atomic mass is 32.1. The maximum absolute atomic E-state index is 12.5. The van der Waals surface area contributed by atoms with Gasteiger partial charge in [-0.05, 0) is 6.42 Å². The molecule has 3 rings (SSSR count). The van der Waals surface area contributed by atoms with Gasteiger partial charge in [0.1, 0.15) is 12.6 Å². The Morgan fingerprint density at radius 1 is 1.22 bits per heavy atom. The fourth-order valence-electron chi connectivity index (χ4n) is 2.68. The molecule has 0 bridgehead atoms. The molecule has 0 N–H and O–H groups in total. The topological polar surface area (TPSA) is 101 Å². The number of hydrogen-bond acceptors (Lipinski definition) is 7. The summed E-state index contributed by atoms with van der Waals surface area (Å²) in [6.07, 6.45) is 0.0256. The lowest BCUT2D eigenvalue weighted by molar-refractivity contribution is -0.158. The minimum Gasteiger partial charge on any atom is -0.468 e. The molecule has 8 nitrogen and oxygen atoms in total. The Kier molecular flexibility index (Phi) is 3.72. The number of hydrogen-bond donors (Lipinski definition) is 0. The van der Waals surface area contributed by atoms with Gasteiger partial charge in [0.25, 0.3) is 17.7 Å². The second-order valence-corrected chi connectivity index (χ2v) is 5.87. The highest BCUT2D eigenvalue weighted by Crippen LogP contribution is 2.31. The molecular weight excluding hydrogens is 324 g/mol. The van der Waals surface area contributed by atoms with E-state index in [0.717, 1.165) is 16.9 Å². The first-order valence-electron chi connectivity index (χ1n) is 6.80. The summed E-state index contributed by atoms with van der Waals surface area (Å²) in [7, 11) is 1.14. The molecule has 120 valence electrons. The molecule has 1 fully saturated rings. The second-order valence-electron chi connectivity index (χ2n) is 5.13. The molecule has 1 saturated heterocycles. The molecule has 0 aromatic carbocycles. The molecule has 9 heteroatoms. The summed E-state index contributed by atoms with van der Waals surface area (Å²) in [5.74, 6) is -3.09. The quantitative estimate of drug-likeness (QED) is 0.570. The molecule has 1 atom stereocenters. The molecule has 23 heavy (non-hydrogen) atoms. The van der Waals surface area contributed by atoms with Crippen molar-refractivity contribution in [1.82, 2.24) is 9.80 Å². The van der Waals surface area contributed by atoms with Crippen molar-refractivity contribution in [2.75, 3.05) is 13.7 Å². The van der Waals surface area contributed by atoms with Gasteiger partial charge >= 0.3 is 5.97 Å². The van der Waals surface area contributed by atoms with Crippen molar-refractivity contribution in [2.45, 2.75) is 18.9 Å². The van der Waals surface area contributed by atoms with Gasteiger partial charge in [0, 0.05) is 17.2 Å². The Morgan fingerprint density at radius 2 is 1.83 bits per heavy atom. The van der Waals surface area contributed by atoms with Crippen LogP contribution in [0.5, 0.6) is 0 Å². The third-order valence-electron chi connectivity index (χ3n) is 3.87. The number of rotatable bonds is 3. The third-order valence-corrected chi connectivity index (χ3v) is 4.61. The van der Waals surface area contributed by atoms with Crippen LogP contribution in [0.4, 0.5) is 0 Å². The number of methoxy groups -OCH3 is 1. The predicted molar refractivity (Wildman–Crippen MR) is 76.6 cm³/mol. The van der Waals surface area contributed by atoms with Gasteiger partial charge in [-0.25, -0.2) is 0 Å². The van der Waals surface area contributed by atoms with E-state index in [0.29, 0.717) is 0 Å². The summed E-state index contributed by atoms with van der Waals surface area (Å²) >= 11 is 1.23. The van der Waals surface area contributed by atoms with Gasteiger partial charge in [0.05, 0.1) is 18.2 Å². The molecule has 3 heterocycles. The Balaban J connectivity index is 1.86. The van der Waals surface area contributed by atoms with Gasteiger partial charge in [-0.2, -0.15) is 11.3 Å². The third kappa shape index (κ3) is 2.33. The van der Waals surface area contributed by atoms with Crippen molar-refractivity contribution in [3.05, 3.63) is 21.9 Å². The lowest BCUT2D eigenvalue weighted by Gasteiger charge is -2.33. The van der Waals surface area contributed by atoms with E-state index in [2.05, 4.69) is 4.74 Å². The van der Waals surface area contributed by atoms with E-state index in [9.17, 15) is 24.0 Å². The normalized spacial score (nSPS) is 21.0. The van der Waals surface area contributed by atoms with Crippen molar-refractivity contribution in [2.24, 2.45) is 0 Å². The van der Waals surface area contributed by atoms with E-state index in [-0.39, 0.29) is 24.0 Å². The molecule has 2 aliphatic rings. The van der Waals surface area contributed by atoms with Crippen LogP contribution in [-0.4, -0.2) is 59.1 Å². The fourth-order valence-corrected chi connectivity index (χ4v) is 3.48. The molecule has 0 aliphatic carbocycles. The van der Waals surface area contributed by atoms with Crippen molar-refractivity contribution >= 4 is 40.9 Å². The van der Waals surface area contributed by atoms with Gasteiger partial charge in [-0.3, -0.25) is 33.8 Å². The van der Waals surface area contributed by atoms with Crippen LogP contribution in [0.1, 0.15) is 33.6 Å². The summed E-state index contributed by atoms with van der Waals surface area (Å²) in [5.41, 5.74) is 0.536. The van der Waals surface area contributed by atoms with Crippen LogP contribution in [0.3, 0.4) is 0 Å². The Labute approximate surface area is 134 Å². The highest BCUT2D eigenvalue weighted by Gasteiger charge is 2.47. The lowest BCUT2D eigenvalue weighted by Crippen LogP contribution is -2.57. The zero-order valence-corrected chi connectivity index (χ0v) is 12.9. The smallest absolute Gasteiger partial charge is 0.325 e. The molecule has 1 unspecified atom stereocenters. The van der Waals surface area contributed by atoms with Crippen LogP contribution in [-0.2, 0) is 19.1 Å². The number of ether oxygens (including phenoxy) is 1. The molecule has 0 saturated carbocycles. The van der Waals surface area contributed by atoms with Gasteiger partial charge in [-0.1, -0.05) is 0 Å². The number of likely N-dealkylation sites (tertiary alicyclic amines) is 1. The minimum atomic E-state index is -1.07. The Morgan fingerprint density at radius 3 is 2.39 bits per heavy atom. The summed E-state index contributed by atoms with van der Waals surface area (Å²) < 4.78 is 4.46. The van der Waals surface area contributed by atoms with E-state index in [1.54, 1.807) is 10.8 Å². The summed E-state index contributed by atoms with van der Waals surface area (Å²) in [4.78, 5) is 62.0. The van der Waals surface area contributed by atoms with Crippen LogP contribution in [0.25, 0.3) is 0 Å². The van der Waals surface area contributed by atoms with Crippen LogP contribution in [0.15, 0.2) is 10.8 Å². The van der Waals surface area contributed by atoms with Gasteiger partial charge in [-0.15, -0.1) is 0 Å². The standard InChI is InChI=1S/C14H12N2O6S/c1-22-11(18)4-15-10(17)3-2-9(14(15)21)16-12(19)7-5-23-6-8(7)13(16)20/h5-6,9H,2-4H2,1H3. The Bertz CT molecular complexity index is 709. The summed E-state index contributed by atoms with van der Waals surface area (Å²) in [6.45, 7) is -0.526. The van der Waals surface area contributed by atoms with Crippen LogP contribution < -0.4 is 0 Å². The Hall–Kier alpha value is -2.55. The molecule has 1 aromatic rings. The fraction of sp³-hybridized carbons (Fsp3) is 0.357. The first kappa shape index (κ1) is 15.3. The van der Waals surface area contributed by atoms with Crippen LogP contribution in [0.2, 0.25) is 0 Å². The number of esters is 1. The first-order valence-corrected chi connectivity index (χ1v) is 7.75. The van der Waals surface area contributed by atoms with Gasteiger partial charge < -0.3 is 4.74 Å². The average Bonchev–Trinajstić information content (AvgIpc) is 3.09. The van der Waals surface area contributed by atoms with Gasteiger partial charge in [0.15, 0.2) is 0 Å². The van der Waals surface area contributed by atoms with Crippen molar-refractivity contribution < 1.29 is 28.7 Å². The summed E-state index contributed by atoms with van der Waals surface area (Å²) in [5, 5.41) is 3.11. The lowest BCUT2D eigenvalue weighted by atomic mass is 10.0. The molecule has 1 aromatic heterocycles.